The van der Waals surface area contributed by atoms with Crippen molar-refractivity contribution >= 4 is 17.8 Å². The molecule has 0 saturated heterocycles. The van der Waals surface area contributed by atoms with Crippen LogP contribution in [0.15, 0.2) is 116 Å². The smallest absolute Gasteiger partial charge is 0.309 e. The summed E-state index contributed by atoms with van der Waals surface area (Å²) in [6.07, 6.45) is 7.51. The Kier molecular flexibility index (Phi) is 16.1. The van der Waals surface area contributed by atoms with Crippen LogP contribution in [-0.4, -0.2) is 48.2 Å². The van der Waals surface area contributed by atoms with Crippen LogP contribution in [0.25, 0.3) is 0 Å². The van der Waals surface area contributed by atoms with Crippen molar-refractivity contribution in [2.24, 2.45) is 11.8 Å². The summed E-state index contributed by atoms with van der Waals surface area (Å²) in [4.78, 5) is 40.0. The predicted molar refractivity (Wildman–Crippen MR) is 183 cm³/mol. The number of hydrogen-bond donors (Lipinski definition) is 3. The third kappa shape index (κ3) is 13.2. The molecule has 3 aromatic rings. The summed E-state index contributed by atoms with van der Waals surface area (Å²) in [5.74, 6) is -1.93. The Morgan fingerprint density at radius 1 is 0.717 bits per heavy atom. The second-order valence-corrected chi connectivity index (χ2v) is 11.7. The molecule has 0 unspecified atom stereocenters. The van der Waals surface area contributed by atoms with Crippen LogP contribution >= 0.6 is 0 Å². The SMILES string of the molecule is C=CCCC[C@H](Cc1ccccc1)C(=O)OC[C@@H](Cc1ccccc1)NC(=O)[C@H](CC=C)CC(=O)N[C@@H](CO)Cc1ccccc1. The summed E-state index contributed by atoms with van der Waals surface area (Å²) < 4.78 is 5.88. The fraction of sp³-hybridized carbons (Fsp3) is 0.359. The maximum Gasteiger partial charge on any atom is 0.309 e. The Labute approximate surface area is 273 Å². The van der Waals surface area contributed by atoms with Gasteiger partial charge in [0.05, 0.1) is 30.5 Å². The average Bonchev–Trinajstić information content (AvgIpc) is 3.07. The number of rotatable bonds is 21. The number of aliphatic hydroxyl groups is 1. The molecule has 0 aliphatic carbocycles. The molecule has 7 nitrogen and oxygen atoms in total. The molecule has 0 saturated carbocycles. The van der Waals surface area contributed by atoms with E-state index in [2.05, 4.69) is 23.8 Å². The van der Waals surface area contributed by atoms with E-state index < -0.39 is 18.0 Å². The molecular weight excluding hydrogens is 576 g/mol. The van der Waals surface area contributed by atoms with Gasteiger partial charge in [-0.2, -0.15) is 0 Å². The number of benzene rings is 3. The van der Waals surface area contributed by atoms with E-state index in [1.807, 2.05) is 97.1 Å². The van der Waals surface area contributed by atoms with Crippen molar-refractivity contribution in [3.63, 3.8) is 0 Å². The number of amides is 2. The molecule has 0 bridgehead atoms. The van der Waals surface area contributed by atoms with E-state index in [1.54, 1.807) is 6.08 Å². The second kappa shape index (κ2) is 20.5. The van der Waals surface area contributed by atoms with E-state index in [4.69, 9.17) is 4.74 Å². The quantitative estimate of drug-likeness (QED) is 0.0793. The minimum absolute atomic E-state index is 0.00286. The number of esters is 1. The highest BCUT2D eigenvalue weighted by Crippen LogP contribution is 2.19. The third-order valence-electron chi connectivity index (χ3n) is 7.88. The Morgan fingerprint density at radius 2 is 1.26 bits per heavy atom. The number of carbonyl (C=O) groups excluding carboxylic acids is 3. The zero-order valence-electron chi connectivity index (χ0n) is 26.7. The number of unbranched alkanes of at least 4 members (excludes halogenated alkanes) is 1. The molecule has 7 heteroatoms. The van der Waals surface area contributed by atoms with Crippen molar-refractivity contribution in [1.82, 2.24) is 10.6 Å². The lowest BCUT2D eigenvalue weighted by molar-refractivity contribution is -0.150. The lowest BCUT2D eigenvalue weighted by Crippen LogP contribution is -2.45. The molecule has 0 aliphatic heterocycles. The Bertz CT molecular complexity index is 1350. The molecule has 3 rings (SSSR count). The molecule has 46 heavy (non-hydrogen) atoms. The van der Waals surface area contributed by atoms with Gasteiger partial charge in [0.15, 0.2) is 0 Å². The van der Waals surface area contributed by atoms with Gasteiger partial charge >= 0.3 is 5.97 Å². The first-order valence-corrected chi connectivity index (χ1v) is 16.1. The van der Waals surface area contributed by atoms with E-state index in [1.165, 1.54) is 0 Å². The molecular formula is C39H48N2O5. The minimum Gasteiger partial charge on any atom is -0.463 e. The van der Waals surface area contributed by atoms with Crippen molar-refractivity contribution in [3.05, 3.63) is 133 Å². The average molecular weight is 625 g/mol. The Morgan fingerprint density at radius 3 is 1.78 bits per heavy atom. The zero-order valence-corrected chi connectivity index (χ0v) is 26.7. The van der Waals surface area contributed by atoms with Gasteiger partial charge in [-0.3, -0.25) is 14.4 Å². The first kappa shape index (κ1) is 36.0. The van der Waals surface area contributed by atoms with Gasteiger partial charge in [0.2, 0.25) is 11.8 Å². The molecule has 0 aliphatic rings. The van der Waals surface area contributed by atoms with Gasteiger partial charge in [-0.15, -0.1) is 13.2 Å². The molecule has 0 heterocycles. The predicted octanol–water partition coefficient (Wildman–Crippen LogP) is 5.77. The van der Waals surface area contributed by atoms with Crippen LogP contribution in [0.1, 0.15) is 48.8 Å². The van der Waals surface area contributed by atoms with Gasteiger partial charge in [-0.1, -0.05) is 103 Å². The number of carbonyl (C=O) groups is 3. The number of nitrogens with one attached hydrogen (secondary N) is 2. The van der Waals surface area contributed by atoms with E-state index >= 15 is 0 Å². The van der Waals surface area contributed by atoms with Crippen molar-refractivity contribution in [2.75, 3.05) is 13.2 Å². The summed E-state index contributed by atoms with van der Waals surface area (Å²) in [7, 11) is 0. The lowest BCUT2D eigenvalue weighted by atomic mass is 9.94. The number of ether oxygens (including phenoxy) is 1. The topological polar surface area (TPSA) is 105 Å². The summed E-state index contributed by atoms with van der Waals surface area (Å²) in [5, 5.41) is 15.8. The normalized spacial score (nSPS) is 13.4. The van der Waals surface area contributed by atoms with Gasteiger partial charge in [0, 0.05) is 6.42 Å². The standard InChI is InChI=1S/C39H48N2O5/c1-3-5-9-23-34(24-30-17-10-6-11-18-30)39(45)46-29-36(26-32-21-14-8-15-22-32)41-38(44)33(16-4-2)27-37(43)40-35(28-42)25-31-19-12-7-13-20-31/h3-4,6-8,10-15,17-22,33-36,42H,1-2,5,9,16,23-29H2,(H,40,43)(H,41,44)/t33-,34-,35-,36-/m1/s1. The largest absolute Gasteiger partial charge is 0.463 e. The van der Waals surface area contributed by atoms with Gasteiger partial charge in [-0.05, 0) is 61.6 Å². The molecule has 0 fully saturated rings. The third-order valence-corrected chi connectivity index (χ3v) is 7.88. The van der Waals surface area contributed by atoms with Crippen LogP contribution in [-0.2, 0) is 38.4 Å². The molecule has 4 atom stereocenters. The zero-order chi connectivity index (χ0) is 33.0. The monoisotopic (exact) mass is 624 g/mol. The van der Waals surface area contributed by atoms with Crippen LogP contribution < -0.4 is 10.6 Å². The van der Waals surface area contributed by atoms with E-state index in [9.17, 15) is 19.5 Å². The molecule has 0 spiro atoms. The molecule has 2 amide bonds. The van der Waals surface area contributed by atoms with Gasteiger partial charge < -0.3 is 20.5 Å². The van der Waals surface area contributed by atoms with E-state index in [-0.39, 0.29) is 43.3 Å². The summed E-state index contributed by atoms with van der Waals surface area (Å²) >= 11 is 0. The first-order chi connectivity index (χ1) is 22.4. The molecule has 3 aromatic carbocycles. The highest BCUT2D eigenvalue weighted by atomic mass is 16.5. The summed E-state index contributed by atoms with van der Waals surface area (Å²) in [6, 6.07) is 28.2. The Hall–Kier alpha value is -4.49. The summed E-state index contributed by atoms with van der Waals surface area (Å²) in [6.45, 7) is 7.36. The van der Waals surface area contributed by atoms with Crippen LogP contribution in [0, 0.1) is 11.8 Å². The van der Waals surface area contributed by atoms with Crippen LogP contribution in [0.3, 0.4) is 0 Å². The summed E-state index contributed by atoms with van der Waals surface area (Å²) in [5.41, 5.74) is 3.04. The highest BCUT2D eigenvalue weighted by Gasteiger charge is 2.27. The Balaban J connectivity index is 1.66. The minimum atomic E-state index is -0.674. The van der Waals surface area contributed by atoms with Crippen LogP contribution in [0.5, 0.6) is 0 Å². The maximum atomic E-state index is 13.6. The van der Waals surface area contributed by atoms with Crippen molar-refractivity contribution in [2.45, 2.75) is 63.5 Å². The number of allylic oxidation sites excluding steroid dienone is 2. The van der Waals surface area contributed by atoms with Gasteiger partial charge in [0.25, 0.3) is 0 Å². The molecule has 0 aromatic heterocycles. The van der Waals surface area contributed by atoms with Crippen molar-refractivity contribution in [3.8, 4) is 0 Å². The fourth-order valence-corrected chi connectivity index (χ4v) is 5.43. The fourth-order valence-electron chi connectivity index (χ4n) is 5.43. The lowest BCUT2D eigenvalue weighted by Gasteiger charge is -2.24. The van der Waals surface area contributed by atoms with Crippen molar-refractivity contribution in [1.29, 1.82) is 0 Å². The van der Waals surface area contributed by atoms with E-state index in [0.29, 0.717) is 32.1 Å². The van der Waals surface area contributed by atoms with Crippen LogP contribution in [0.2, 0.25) is 0 Å². The highest BCUT2D eigenvalue weighted by molar-refractivity contribution is 5.86. The van der Waals surface area contributed by atoms with Gasteiger partial charge in [-0.25, -0.2) is 0 Å². The van der Waals surface area contributed by atoms with E-state index in [0.717, 1.165) is 29.5 Å². The number of hydrogen-bond acceptors (Lipinski definition) is 5. The maximum absolute atomic E-state index is 13.6. The van der Waals surface area contributed by atoms with Crippen LogP contribution in [0.4, 0.5) is 0 Å². The second-order valence-electron chi connectivity index (χ2n) is 11.7. The first-order valence-electron chi connectivity index (χ1n) is 16.1. The van der Waals surface area contributed by atoms with Gasteiger partial charge in [0.1, 0.15) is 6.61 Å². The number of aliphatic hydroxyl groups excluding tert-OH is 1. The molecule has 244 valence electrons. The molecule has 3 N–H and O–H groups in total. The van der Waals surface area contributed by atoms with Crippen molar-refractivity contribution < 1.29 is 24.2 Å². The molecule has 0 radical (unpaired) electrons.